The quantitative estimate of drug-likeness (QED) is 0.212. The number of methoxy groups -OCH3 is 1. The normalized spacial score (nSPS) is 10.9. The SMILES string of the molecule is COC(=O)c1c(SCc2ccc(F)cc2)nc2ccccc2c1OCc1ccc(F)cc1Cl. The van der Waals surface area contributed by atoms with Crippen molar-refractivity contribution in [3.63, 3.8) is 0 Å². The number of rotatable bonds is 7. The number of aromatic nitrogens is 1. The molecule has 0 radical (unpaired) electrons. The molecule has 4 nitrogen and oxygen atoms in total. The topological polar surface area (TPSA) is 48.4 Å². The van der Waals surface area contributed by atoms with Gasteiger partial charge < -0.3 is 9.47 Å². The highest BCUT2D eigenvalue weighted by Gasteiger charge is 2.24. The Morgan fingerprint density at radius 3 is 2.48 bits per heavy atom. The average Bonchev–Trinajstić information content (AvgIpc) is 2.82. The highest BCUT2D eigenvalue weighted by molar-refractivity contribution is 7.98. The first-order chi connectivity index (χ1) is 16.0. The van der Waals surface area contributed by atoms with Gasteiger partial charge in [0.05, 0.1) is 17.6 Å². The Balaban J connectivity index is 1.75. The molecule has 0 aliphatic rings. The minimum Gasteiger partial charge on any atom is -0.487 e. The molecule has 0 aliphatic carbocycles. The molecule has 0 amide bonds. The lowest BCUT2D eigenvalue weighted by Gasteiger charge is -2.17. The van der Waals surface area contributed by atoms with Gasteiger partial charge in [-0.1, -0.05) is 41.9 Å². The molecule has 0 atom stereocenters. The van der Waals surface area contributed by atoms with Crippen molar-refractivity contribution in [1.82, 2.24) is 4.98 Å². The molecule has 0 N–H and O–H groups in total. The number of para-hydroxylation sites is 1. The number of hydrogen-bond acceptors (Lipinski definition) is 5. The van der Waals surface area contributed by atoms with Crippen LogP contribution in [0.2, 0.25) is 5.02 Å². The molecule has 1 heterocycles. The number of thioether (sulfide) groups is 1. The second-order valence-corrected chi connectivity index (χ2v) is 8.44. The predicted molar refractivity (Wildman–Crippen MR) is 125 cm³/mol. The highest BCUT2D eigenvalue weighted by Crippen LogP contribution is 2.37. The molecule has 0 fully saturated rings. The monoisotopic (exact) mass is 485 g/mol. The summed E-state index contributed by atoms with van der Waals surface area (Å²) in [5.41, 5.74) is 2.25. The first-order valence-corrected chi connectivity index (χ1v) is 11.3. The van der Waals surface area contributed by atoms with Crippen LogP contribution in [-0.2, 0) is 17.1 Å². The number of carbonyl (C=O) groups excluding carboxylic acids is 1. The van der Waals surface area contributed by atoms with Crippen LogP contribution in [0.3, 0.4) is 0 Å². The van der Waals surface area contributed by atoms with Crippen LogP contribution in [-0.4, -0.2) is 18.1 Å². The Morgan fingerprint density at radius 1 is 1.03 bits per heavy atom. The van der Waals surface area contributed by atoms with Gasteiger partial charge in [0.15, 0.2) is 0 Å². The molecule has 0 bridgehead atoms. The van der Waals surface area contributed by atoms with E-state index in [0.29, 0.717) is 33.0 Å². The van der Waals surface area contributed by atoms with Gasteiger partial charge >= 0.3 is 5.97 Å². The van der Waals surface area contributed by atoms with Crippen molar-refractivity contribution in [2.24, 2.45) is 0 Å². The van der Waals surface area contributed by atoms with Crippen molar-refractivity contribution in [3.8, 4) is 5.75 Å². The fourth-order valence-corrected chi connectivity index (χ4v) is 4.42. The summed E-state index contributed by atoms with van der Waals surface area (Å²) < 4.78 is 37.8. The van der Waals surface area contributed by atoms with E-state index in [-0.39, 0.29) is 23.0 Å². The van der Waals surface area contributed by atoms with Gasteiger partial charge in [-0.25, -0.2) is 18.6 Å². The van der Waals surface area contributed by atoms with E-state index in [9.17, 15) is 13.6 Å². The molecule has 8 heteroatoms. The molecular weight excluding hydrogens is 468 g/mol. The number of carbonyl (C=O) groups is 1. The lowest BCUT2D eigenvalue weighted by molar-refractivity contribution is 0.0590. The van der Waals surface area contributed by atoms with Crippen molar-refractivity contribution >= 4 is 40.2 Å². The third-order valence-corrected chi connectivity index (χ3v) is 6.28. The number of hydrogen-bond donors (Lipinski definition) is 0. The van der Waals surface area contributed by atoms with Crippen molar-refractivity contribution in [1.29, 1.82) is 0 Å². The molecule has 0 unspecified atom stereocenters. The minimum absolute atomic E-state index is 0.0131. The Morgan fingerprint density at radius 2 is 1.76 bits per heavy atom. The number of nitrogens with zero attached hydrogens (tertiary/aromatic N) is 1. The van der Waals surface area contributed by atoms with Gasteiger partial charge in [0.2, 0.25) is 0 Å². The molecule has 0 saturated carbocycles. The zero-order chi connectivity index (χ0) is 23.4. The summed E-state index contributed by atoms with van der Waals surface area (Å²) >= 11 is 7.46. The molecule has 4 aromatic rings. The maximum atomic E-state index is 13.4. The summed E-state index contributed by atoms with van der Waals surface area (Å²) in [4.78, 5) is 17.5. The first-order valence-electron chi connectivity index (χ1n) is 9.91. The first kappa shape index (κ1) is 23.0. The summed E-state index contributed by atoms with van der Waals surface area (Å²) in [7, 11) is 1.28. The Hall–Kier alpha value is -3.16. The van der Waals surface area contributed by atoms with Gasteiger partial charge in [-0.2, -0.15) is 0 Å². The molecule has 4 rings (SSSR count). The zero-order valence-electron chi connectivity index (χ0n) is 17.5. The second-order valence-electron chi connectivity index (χ2n) is 7.07. The van der Waals surface area contributed by atoms with Crippen LogP contribution in [0, 0.1) is 11.6 Å². The molecule has 33 heavy (non-hydrogen) atoms. The number of benzene rings is 3. The van der Waals surface area contributed by atoms with E-state index < -0.39 is 11.8 Å². The molecule has 0 spiro atoms. The van der Waals surface area contributed by atoms with Crippen LogP contribution < -0.4 is 4.74 Å². The van der Waals surface area contributed by atoms with Gasteiger partial charge in [-0.05, 0) is 42.0 Å². The minimum atomic E-state index is -0.602. The number of fused-ring (bicyclic) bond motifs is 1. The summed E-state index contributed by atoms with van der Waals surface area (Å²) in [5, 5.41) is 1.27. The average molecular weight is 486 g/mol. The zero-order valence-corrected chi connectivity index (χ0v) is 19.1. The highest BCUT2D eigenvalue weighted by atomic mass is 35.5. The number of ether oxygens (including phenoxy) is 2. The lowest BCUT2D eigenvalue weighted by atomic mass is 10.1. The largest absolute Gasteiger partial charge is 0.487 e. The van der Waals surface area contributed by atoms with Gasteiger partial charge in [-0.15, -0.1) is 11.8 Å². The van der Waals surface area contributed by atoms with Crippen molar-refractivity contribution in [3.05, 3.63) is 100 Å². The molecular formula is C25H18ClF2NO3S. The summed E-state index contributed by atoms with van der Waals surface area (Å²) in [5.74, 6) is -0.617. The summed E-state index contributed by atoms with van der Waals surface area (Å²) in [6, 6.07) is 17.4. The van der Waals surface area contributed by atoms with Gasteiger partial charge in [0.1, 0.15) is 34.6 Å². The van der Waals surface area contributed by atoms with Gasteiger partial charge in [0, 0.05) is 16.7 Å². The van der Waals surface area contributed by atoms with E-state index >= 15 is 0 Å². The van der Waals surface area contributed by atoms with Crippen LogP contribution >= 0.6 is 23.4 Å². The van der Waals surface area contributed by atoms with Crippen LogP contribution in [0.4, 0.5) is 8.78 Å². The predicted octanol–water partition coefficient (Wildman–Crippen LogP) is 6.82. The maximum absolute atomic E-state index is 13.4. The number of pyridine rings is 1. The Kier molecular flexibility index (Phi) is 7.11. The van der Waals surface area contributed by atoms with E-state index in [1.165, 1.54) is 49.2 Å². The molecule has 0 saturated heterocycles. The van der Waals surface area contributed by atoms with Crippen molar-refractivity contribution in [2.45, 2.75) is 17.4 Å². The van der Waals surface area contributed by atoms with Crippen LogP contribution in [0.15, 0.2) is 71.8 Å². The maximum Gasteiger partial charge on any atom is 0.344 e. The summed E-state index contributed by atoms with van der Waals surface area (Å²) in [6.07, 6.45) is 0. The van der Waals surface area contributed by atoms with Crippen LogP contribution in [0.1, 0.15) is 21.5 Å². The van der Waals surface area contributed by atoms with Crippen molar-refractivity contribution < 1.29 is 23.0 Å². The Labute approximate surface area is 198 Å². The van der Waals surface area contributed by atoms with E-state index in [2.05, 4.69) is 4.98 Å². The Bertz CT molecular complexity index is 1320. The lowest BCUT2D eigenvalue weighted by Crippen LogP contribution is -2.10. The third-order valence-electron chi connectivity index (χ3n) is 4.88. The van der Waals surface area contributed by atoms with E-state index in [4.69, 9.17) is 21.1 Å². The second kappa shape index (κ2) is 10.2. The fourth-order valence-electron chi connectivity index (χ4n) is 3.22. The van der Waals surface area contributed by atoms with E-state index in [1.54, 1.807) is 18.2 Å². The third kappa shape index (κ3) is 5.26. The van der Waals surface area contributed by atoms with Crippen LogP contribution in [0.25, 0.3) is 10.9 Å². The smallest absolute Gasteiger partial charge is 0.344 e. The number of esters is 1. The molecule has 3 aromatic carbocycles. The number of halogens is 3. The standard InChI is InChI=1S/C25H18ClF2NO3S/c1-31-25(30)22-23(32-13-16-8-11-18(28)12-20(16)26)19-4-2-3-5-21(19)29-24(22)33-14-15-6-9-17(27)10-7-15/h2-12H,13-14H2,1H3. The van der Waals surface area contributed by atoms with Gasteiger partial charge in [-0.3, -0.25) is 0 Å². The van der Waals surface area contributed by atoms with E-state index in [1.807, 2.05) is 18.2 Å². The van der Waals surface area contributed by atoms with Crippen molar-refractivity contribution in [2.75, 3.05) is 7.11 Å². The molecule has 1 aromatic heterocycles. The fraction of sp³-hybridized carbons (Fsp3) is 0.120. The van der Waals surface area contributed by atoms with Gasteiger partial charge in [0.25, 0.3) is 0 Å². The summed E-state index contributed by atoms with van der Waals surface area (Å²) in [6.45, 7) is 0.0131. The molecule has 0 aliphatic heterocycles. The van der Waals surface area contributed by atoms with E-state index in [0.717, 1.165) is 5.56 Å². The van der Waals surface area contributed by atoms with Crippen LogP contribution in [0.5, 0.6) is 5.75 Å². The molecule has 168 valence electrons.